The van der Waals surface area contributed by atoms with E-state index in [1.54, 1.807) is 0 Å². The normalized spacial score (nSPS) is 11.2. The fourth-order valence-electron chi connectivity index (χ4n) is 0.779. The van der Waals surface area contributed by atoms with Crippen LogP contribution in [-0.2, 0) is 6.18 Å². The van der Waals surface area contributed by atoms with E-state index in [1.165, 1.54) is 12.1 Å². The van der Waals surface area contributed by atoms with Crippen LogP contribution < -0.4 is 0 Å². The van der Waals surface area contributed by atoms with Crippen molar-refractivity contribution in [1.82, 2.24) is 0 Å². The first-order chi connectivity index (χ1) is 5.54. The summed E-state index contributed by atoms with van der Waals surface area (Å²) >= 11 is 0. The minimum atomic E-state index is -4.28. The van der Waals surface area contributed by atoms with Gasteiger partial charge in [-0.05, 0) is 23.8 Å². The van der Waals surface area contributed by atoms with Gasteiger partial charge in [0.1, 0.15) is 0 Å². The molecule has 0 amide bonds. The molecule has 1 radical (unpaired) electrons. The lowest BCUT2D eigenvalue weighted by atomic mass is 10.1. The summed E-state index contributed by atoms with van der Waals surface area (Å²) in [6, 6.07) is 5.83. The topological polar surface area (TPSA) is 0 Å². The van der Waals surface area contributed by atoms with Crippen molar-refractivity contribution in [1.29, 1.82) is 0 Å². The highest BCUT2D eigenvalue weighted by atomic mass is 19.4. The van der Waals surface area contributed by atoms with Crippen molar-refractivity contribution in [2.75, 3.05) is 0 Å². The highest BCUT2D eigenvalue weighted by Crippen LogP contribution is 2.29. The van der Waals surface area contributed by atoms with Crippen molar-refractivity contribution in [3.8, 4) is 0 Å². The van der Waals surface area contributed by atoms with Gasteiger partial charge in [-0.2, -0.15) is 13.2 Å². The molecule has 3 heteroatoms. The van der Waals surface area contributed by atoms with Crippen molar-refractivity contribution in [3.05, 3.63) is 42.0 Å². The Morgan fingerprint density at radius 1 is 1.42 bits per heavy atom. The average Bonchev–Trinajstić information content (AvgIpc) is 2.03. The van der Waals surface area contributed by atoms with Gasteiger partial charge < -0.3 is 0 Å². The maximum atomic E-state index is 12.1. The maximum Gasteiger partial charge on any atom is 0.416 e. The van der Waals surface area contributed by atoms with Gasteiger partial charge in [0.05, 0.1) is 5.56 Å². The van der Waals surface area contributed by atoms with Crippen LogP contribution in [0.2, 0.25) is 0 Å². The van der Waals surface area contributed by atoms with Crippen LogP contribution in [0.4, 0.5) is 13.2 Å². The number of halogens is 3. The number of benzene rings is 1. The van der Waals surface area contributed by atoms with Crippen molar-refractivity contribution in [2.45, 2.75) is 6.18 Å². The minimum Gasteiger partial charge on any atom is -0.166 e. The third-order valence-corrected chi connectivity index (χ3v) is 1.37. The summed E-state index contributed by atoms with van der Waals surface area (Å²) in [4.78, 5) is 0. The van der Waals surface area contributed by atoms with Gasteiger partial charge in [-0.15, -0.1) is 0 Å². The van der Waals surface area contributed by atoms with Crippen LogP contribution in [0.25, 0.3) is 6.08 Å². The zero-order valence-electron chi connectivity index (χ0n) is 6.15. The Bertz CT molecular complexity index is 286. The molecule has 0 aliphatic rings. The summed E-state index contributed by atoms with van der Waals surface area (Å²) < 4.78 is 36.2. The SMILES string of the molecule is C=Cc1[c]ccc(C(F)(F)F)c1. The van der Waals surface area contributed by atoms with Gasteiger partial charge >= 0.3 is 6.18 Å². The second-order valence-corrected chi connectivity index (χ2v) is 2.23. The Kier molecular flexibility index (Phi) is 2.22. The summed E-state index contributed by atoms with van der Waals surface area (Å²) in [7, 11) is 0. The van der Waals surface area contributed by atoms with Crippen LogP contribution in [0.3, 0.4) is 0 Å². The van der Waals surface area contributed by atoms with Gasteiger partial charge in [-0.3, -0.25) is 0 Å². The first-order valence-corrected chi connectivity index (χ1v) is 3.25. The van der Waals surface area contributed by atoms with E-state index in [4.69, 9.17) is 0 Å². The van der Waals surface area contributed by atoms with Gasteiger partial charge in [0.15, 0.2) is 0 Å². The Labute approximate surface area is 68.3 Å². The quantitative estimate of drug-likeness (QED) is 0.608. The third-order valence-electron chi connectivity index (χ3n) is 1.37. The van der Waals surface area contributed by atoms with Gasteiger partial charge in [0, 0.05) is 0 Å². The highest BCUT2D eigenvalue weighted by Gasteiger charge is 2.30. The molecule has 0 aliphatic heterocycles. The van der Waals surface area contributed by atoms with Gasteiger partial charge in [0.2, 0.25) is 0 Å². The van der Waals surface area contributed by atoms with E-state index < -0.39 is 11.7 Å². The summed E-state index contributed by atoms with van der Waals surface area (Å²) in [5.74, 6) is 0. The summed E-state index contributed by atoms with van der Waals surface area (Å²) in [6.07, 6.45) is -2.96. The van der Waals surface area contributed by atoms with Crippen LogP contribution in [0.1, 0.15) is 11.1 Å². The van der Waals surface area contributed by atoms with Crippen molar-refractivity contribution >= 4 is 6.08 Å². The fraction of sp³-hybridized carbons (Fsp3) is 0.111. The zero-order valence-corrected chi connectivity index (χ0v) is 6.15. The molecule has 0 aliphatic carbocycles. The molecular formula is C9H6F3. The molecule has 0 nitrogen and oxygen atoms in total. The van der Waals surface area contributed by atoms with Gasteiger partial charge in [-0.25, -0.2) is 0 Å². The first-order valence-electron chi connectivity index (χ1n) is 3.25. The Balaban J connectivity index is 3.10. The van der Waals surface area contributed by atoms with Crippen molar-refractivity contribution in [3.63, 3.8) is 0 Å². The van der Waals surface area contributed by atoms with E-state index in [-0.39, 0.29) is 0 Å². The molecule has 0 aromatic heterocycles. The van der Waals surface area contributed by atoms with Crippen LogP contribution in [0.5, 0.6) is 0 Å². The summed E-state index contributed by atoms with van der Waals surface area (Å²) in [6.45, 7) is 3.36. The predicted octanol–water partition coefficient (Wildman–Crippen LogP) is 3.15. The average molecular weight is 171 g/mol. The van der Waals surface area contributed by atoms with Crippen LogP contribution >= 0.6 is 0 Å². The third kappa shape index (κ3) is 1.87. The monoisotopic (exact) mass is 171 g/mol. The van der Waals surface area contributed by atoms with Crippen LogP contribution in [0.15, 0.2) is 24.8 Å². The molecule has 0 heterocycles. The zero-order chi connectivity index (χ0) is 9.19. The van der Waals surface area contributed by atoms with E-state index in [0.29, 0.717) is 5.56 Å². The number of alkyl halides is 3. The maximum absolute atomic E-state index is 12.1. The lowest BCUT2D eigenvalue weighted by Crippen LogP contribution is -2.04. The Hall–Kier alpha value is -1.25. The number of rotatable bonds is 1. The van der Waals surface area contributed by atoms with E-state index in [0.717, 1.165) is 12.1 Å². The largest absolute Gasteiger partial charge is 0.416 e. The van der Waals surface area contributed by atoms with E-state index in [2.05, 4.69) is 12.6 Å². The standard InChI is InChI=1S/C9H6F3/c1-2-7-4-3-5-8(6-7)9(10,11)12/h2-3,5-6H,1H2. The molecule has 1 aromatic rings. The van der Waals surface area contributed by atoms with Gasteiger partial charge in [-0.1, -0.05) is 18.7 Å². The van der Waals surface area contributed by atoms with Crippen molar-refractivity contribution < 1.29 is 13.2 Å². The van der Waals surface area contributed by atoms with Crippen LogP contribution in [-0.4, -0.2) is 0 Å². The predicted molar refractivity (Wildman–Crippen MR) is 40.4 cm³/mol. The summed E-state index contributed by atoms with van der Waals surface area (Å²) in [5.41, 5.74) is -0.319. The molecule has 12 heavy (non-hydrogen) atoms. The molecule has 0 saturated carbocycles. The molecule has 0 saturated heterocycles. The lowest BCUT2D eigenvalue weighted by Gasteiger charge is -2.05. The molecule has 63 valence electrons. The molecule has 1 aromatic carbocycles. The number of hydrogen-bond acceptors (Lipinski definition) is 0. The second kappa shape index (κ2) is 3.01. The molecule has 0 atom stereocenters. The molecule has 0 N–H and O–H groups in total. The summed E-state index contributed by atoms with van der Waals surface area (Å²) in [5, 5.41) is 0. The molecule has 0 fully saturated rings. The molecular weight excluding hydrogens is 165 g/mol. The molecule has 0 bridgehead atoms. The molecule has 0 unspecified atom stereocenters. The van der Waals surface area contributed by atoms with Gasteiger partial charge in [0.25, 0.3) is 0 Å². The van der Waals surface area contributed by atoms with Crippen molar-refractivity contribution in [2.24, 2.45) is 0 Å². The second-order valence-electron chi connectivity index (χ2n) is 2.23. The Morgan fingerprint density at radius 3 is 2.58 bits per heavy atom. The Morgan fingerprint density at radius 2 is 2.08 bits per heavy atom. The fourth-order valence-corrected chi connectivity index (χ4v) is 0.779. The number of hydrogen-bond donors (Lipinski definition) is 0. The van der Waals surface area contributed by atoms with Crippen LogP contribution in [0, 0.1) is 6.07 Å². The van der Waals surface area contributed by atoms with E-state index in [1.807, 2.05) is 0 Å². The smallest absolute Gasteiger partial charge is 0.166 e. The molecule has 1 rings (SSSR count). The molecule has 0 spiro atoms. The van der Waals surface area contributed by atoms with E-state index in [9.17, 15) is 13.2 Å². The first kappa shape index (κ1) is 8.84. The van der Waals surface area contributed by atoms with E-state index >= 15 is 0 Å². The highest BCUT2D eigenvalue weighted by molar-refractivity contribution is 5.47. The minimum absolute atomic E-state index is 0.352. The lowest BCUT2D eigenvalue weighted by molar-refractivity contribution is -0.137.